The Bertz CT molecular complexity index is 1130. The van der Waals surface area contributed by atoms with Crippen molar-refractivity contribution in [2.75, 3.05) is 29.1 Å². The number of Topliss-reactive ketones (excluding diaryl/α,β-unsaturated/α-hetero) is 1. The predicted molar refractivity (Wildman–Crippen MR) is 117 cm³/mol. The number of carbonyl (C=O) groups is 3. The molecule has 8 nitrogen and oxygen atoms in total. The third kappa shape index (κ3) is 5.00. The molecule has 1 heterocycles. The topological polar surface area (TPSA) is 110 Å². The zero-order valence-corrected chi connectivity index (χ0v) is 17.7. The number of hydrogen-bond donors (Lipinski definition) is 1. The summed E-state index contributed by atoms with van der Waals surface area (Å²) >= 11 is 0. The van der Waals surface area contributed by atoms with Crippen molar-refractivity contribution in [1.29, 1.82) is 0 Å². The smallest absolute Gasteiger partial charge is 0.265 e. The Kier molecular flexibility index (Phi) is 6.55. The fourth-order valence-electron chi connectivity index (χ4n) is 3.11. The second kappa shape index (κ2) is 9.13. The van der Waals surface area contributed by atoms with E-state index in [1.165, 1.54) is 30.0 Å². The van der Waals surface area contributed by atoms with Crippen molar-refractivity contribution in [2.24, 2.45) is 0 Å². The van der Waals surface area contributed by atoms with Gasteiger partial charge in [0.2, 0.25) is 5.91 Å². The van der Waals surface area contributed by atoms with Crippen molar-refractivity contribution < 1.29 is 27.5 Å². The third-order valence-corrected chi connectivity index (χ3v) is 6.75. The maximum Gasteiger partial charge on any atom is 0.265 e. The van der Waals surface area contributed by atoms with Crippen LogP contribution >= 0.6 is 0 Å². The number of carbonyl (C=O) groups excluding carboxylic acids is 3. The molecule has 31 heavy (non-hydrogen) atoms. The molecular weight excluding hydrogens is 420 g/mol. The lowest BCUT2D eigenvalue weighted by Crippen LogP contribution is -2.39. The van der Waals surface area contributed by atoms with Crippen LogP contribution in [0, 0.1) is 0 Å². The first kappa shape index (κ1) is 22.2. The average molecular weight is 442 g/mol. The number of nitrogens with one attached hydrogen (secondary N) is 1. The second-order valence-corrected chi connectivity index (χ2v) is 9.31. The maximum atomic E-state index is 12.9. The summed E-state index contributed by atoms with van der Waals surface area (Å²) in [4.78, 5) is 38.6. The number of nitrogens with zero attached hydrogens (tertiary/aromatic N) is 1. The van der Waals surface area contributed by atoms with Gasteiger partial charge in [-0.3, -0.25) is 14.4 Å². The lowest BCUT2D eigenvalue weighted by atomic mass is 10.1. The molecule has 0 aliphatic carbocycles. The Morgan fingerprint density at radius 3 is 2.61 bits per heavy atom. The molecule has 2 aromatic rings. The molecule has 162 valence electrons. The number of hydrogen-bond acceptors (Lipinski definition) is 6. The first-order valence-corrected chi connectivity index (χ1v) is 11.2. The molecular formula is C22H22N2O6S. The van der Waals surface area contributed by atoms with Crippen LogP contribution in [0.5, 0.6) is 5.75 Å². The summed E-state index contributed by atoms with van der Waals surface area (Å²) in [6.07, 6.45) is 1.54. The van der Waals surface area contributed by atoms with E-state index in [0.717, 1.165) is 0 Å². The normalized spacial score (nSPS) is 14.2. The molecule has 0 bridgehead atoms. The lowest BCUT2D eigenvalue weighted by Gasteiger charge is -2.29. The van der Waals surface area contributed by atoms with Gasteiger partial charge in [0, 0.05) is 17.8 Å². The summed E-state index contributed by atoms with van der Waals surface area (Å²) in [6.45, 7) is 4.96. The van der Waals surface area contributed by atoms with Crippen molar-refractivity contribution >= 4 is 38.8 Å². The molecule has 3 rings (SSSR count). The number of ketones is 1. The minimum atomic E-state index is -4.07. The molecule has 1 aliphatic rings. The summed E-state index contributed by atoms with van der Waals surface area (Å²) < 4.78 is 30.7. The predicted octanol–water partition coefficient (Wildman–Crippen LogP) is 2.22. The van der Waals surface area contributed by atoms with Crippen LogP contribution in [0.4, 0.5) is 11.4 Å². The summed E-state index contributed by atoms with van der Waals surface area (Å²) in [5.41, 5.74) is 0.933. The van der Waals surface area contributed by atoms with E-state index in [-0.39, 0.29) is 24.6 Å². The van der Waals surface area contributed by atoms with Crippen LogP contribution in [0.2, 0.25) is 0 Å². The SMILES string of the molecule is C=CCN1C(=O)COc2ccc(C(=O)C(C)S(=O)(=O)CC(=O)Nc3ccccc3)cc21. The molecule has 0 spiro atoms. The zero-order valence-electron chi connectivity index (χ0n) is 16.9. The van der Waals surface area contributed by atoms with Gasteiger partial charge < -0.3 is 15.0 Å². The average Bonchev–Trinajstić information content (AvgIpc) is 2.74. The standard InChI is InChI=1S/C22H22N2O6S/c1-3-11-24-18-12-16(9-10-19(18)30-13-21(24)26)22(27)15(2)31(28,29)14-20(25)23-17-7-5-4-6-8-17/h3-10,12,15H,1,11,13-14H2,2H3,(H,23,25). The van der Waals surface area contributed by atoms with Gasteiger partial charge in [0.1, 0.15) is 16.8 Å². The number of ether oxygens (including phenoxy) is 1. The number of benzene rings is 2. The van der Waals surface area contributed by atoms with Crippen LogP contribution in [0.3, 0.4) is 0 Å². The van der Waals surface area contributed by atoms with E-state index in [2.05, 4.69) is 11.9 Å². The molecule has 2 aromatic carbocycles. The third-order valence-electron chi connectivity index (χ3n) is 4.80. The fraction of sp³-hybridized carbons (Fsp3) is 0.227. The van der Waals surface area contributed by atoms with E-state index in [9.17, 15) is 22.8 Å². The first-order valence-electron chi connectivity index (χ1n) is 9.51. The number of rotatable bonds is 8. The van der Waals surface area contributed by atoms with E-state index in [0.29, 0.717) is 17.1 Å². The van der Waals surface area contributed by atoms with Gasteiger partial charge in [0.25, 0.3) is 5.91 Å². The van der Waals surface area contributed by atoms with E-state index in [4.69, 9.17) is 4.74 Å². The number of sulfone groups is 1. The monoisotopic (exact) mass is 442 g/mol. The molecule has 0 fully saturated rings. The molecule has 1 unspecified atom stereocenters. The first-order chi connectivity index (χ1) is 14.7. The summed E-state index contributed by atoms with van der Waals surface area (Å²) in [6, 6.07) is 12.8. The van der Waals surface area contributed by atoms with Gasteiger partial charge in [0.15, 0.2) is 22.2 Å². The van der Waals surface area contributed by atoms with Crippen LogP contribution in [-0.2, 0) is 19.4 Å². The van der Waals surface area contributed by atoms with Gasteiger partial charge >= 0.3 is 0 Å². The Labute approximate surface area is 180 Å². The molecule has 0 aromatic heterocycles. The van der Waals surface area contributed by atoms with Crippen LogP contribution in [-0.4, -0.2) is 50.2 Å². The van der Waals surface area contributed by atoms with Gasteiger partial charge in [-0.1, -0.05) is 24.3 Å². The minimum Gasteiger partial charge on any atom is -0.482 e. The van der Waals surface area contributed by atoms with E-state index < -0.39 is 32.5 Å². The largest absolute Gasteiger partial charge is 0.482 e. The Hall–Kier alpha value is -3.46. The van der Waals surface area contributed by atoms with Gasteiger partial charge in [-0.15, -0.1) is 6.58 Å². The van der Waals surface area contributed by atoms with Gasteiger partial charge in [-0.05, 0) is 37.3 Å². The molecule has 1 N–H and O–H groups in total. The van der Waals surface area contributed by atoms with E-state index in [1.807, 2.05) is 0 Å². The highest BCUT2D eigenvalue weighted by molar-refractivity contribution is 7.93. The minimum absolute atomic E-state index is 0.102. The Morgan fingerprint density at radius 1 is 1.23 bits per heavy atom. The number of fused-ring (bicyclic) bond motifs is 1. The molecule has 0 saturated heterocycles. The number of amides is 2. The Balaban J connectivity index is 1.78. The summed E-state index contributed by atoms with van der Waals surface area (Å²) in [7, 11) is -4.07. The van der Waals surface area contributed by atoms with Gasteiger partial charge in [0.05, 0.1) is 5.69 Å². The molecule has 0 radical (unpaired) electrons. The number of para-hydroxylation sites is 1. The maximum absolute atomic E-state index is 12.9. The summed E-state index contributed by atoms with van der Waals surface area (Å²) in [5.74, 6) is -2.12. The lowest BCUT2D eigenvalue weighted by molar-refractivity contribution is -0.121. The van der Waals surface area contributed by atoms with E-state index >= 15 is 0 Å². The highest BCUT2D eigenvalue weighted by Crippen LogP contribution is 2.33. The zero-order chi connectivity index (χ0) is 22.6. The molecule has 0 saturated carbocycles. The van der Waals surface area contributed by atoms with Crippen LogP contribution in [0.1, 0.15) is 17.3 Å². The second-order valence-electron chi connectivity index (χ2n) is 6.99. The molecule has 9 heteroatoms. The fourth-order valence-corrected chi connectivity index (χ4v) is 4.26. The van der Waals surface area contributed by atoms with E-state index in [1.54, 1.807) is 36.4 Å². The van der Waals surface area contributed by atoms with Crippen molar-refractivity contribution in [3.8, 4) is 5.75 Å². The highest BCUT2D eigenvalue weighted by Gasteiger charge is 2.32. The van der Waals surface area contributed by atoms with Crippen molar-refractivity contribution in [3.63, 3.8) is 0 Å². The van der Waals surface area contributed by atoms with Crippen LogP contribution in [0.15, 0.2) is 61.2 Å². The highest BCUT2D eigenvalue weighted by atomic mass is 32.2. The van der Waals surface area contributed by atoms with Crippen molar-refractivity contribution in [1.82, 2.24) is 0 Å². The van der Waals surface area contributed by atoms with Crippen LogP contribution in [0.25, 0.3) is 0 Å². The Morgan fingerprint density at radius 2 is 1.94 bits per heavy atom. The number of anilines is 2. The summed E-state index contributed by atoms with van der Waals surface area (Å²) in [5, 5.41) is 1.05. The molecule has 1 atom stereocenters. The van der Waals surface area contributed by atoms with Crippen LogP contribution < -0.4 is 15.0 Å². The van der Waals surface area contributed by atoms with Gasteiger partial charge in [-0.25, -0.2) is 8.42 Å². The van der Waals surface area contributed by atoms with Gasteiger partial charge in [-0.2, -0.15) is 0 Å². The van der Waals surface area contributed by atoms with Crippen molar-refractivity contribution in [3.05, 3.63) is 66.7 Å². The molecule has 2 amide bonds. The molecule has 1 aliphatic heterocycles. The quantitative estimate of drug-likeness (QED) is 0.496. The van der Waals surface area contributed by atoms with Crippen molar-refractivity contribution in [2.45, 2.75) is 12.2 Å².